The second-order valence-corrected chi connectivity index (χ2v) is 6.83. The van der Waals surface area contributed by atoms with Gasteiger partial charge in [0.2, 0.25) is 0 Å². The summed E-state index contributed by atoms with van der Waals surface area (Å²) in [6.45, 7) is 11.2. The highest BCUT2D eigenvalue weighted by atomic mass is 15.1. The van der Waals surface area contributed by atoms with Crippen molar-refractivity contribution in [1.82, 2.24) is 0 Å². The molecule has 21 heavy (non-hydrogen) atoms. The van der Waals surface area contributed by atoms with E-state index in [9.17, 15) is 0 Å². The molecule has 0 aliphatic rings. The molecule has 0 amide bonds. The highest BCUT2D eigenvalue weighted by Crippen LogP contribution is 2.31. The van der Waals surface area contributed by atoms with Crippen LogP contribution >= 0.6 is 0 Å². The largest absolute Gasteiger partial charge is 0.344 e. The van der Waals surface area contributed by atoms with Gasteiger partial charge in [0.25, 0.3) is 0 Å². The summed E-state index contributed by atoms with van der Waals surface area (Å²) in [6, 6.07) is 15.6. The molecule has 0 heterocycles. The molecule has 2 aromatic rings. The zero-order valence-corrected chi connectivity index (χ0v) is 14.2. The third kappa shape index (κ3) is 3.47. The van der Waals surface area contributed by atoms with E-state index < -0.39 is 0 Å². The van der Waals surface area contributed by atoms with Gasteiger partial charge in [-0.3, -0.25) is 0 Å². The molecule has 1 nitrogen and oxygen atoms in total. The normalized spacial score (nSPS) is 11.5. The molecule has 0 N–H and O–H groups in total. The summed E-state index contributed by atoms with van der Waals surface area (Å²) in [5.41, 5.74) is 6.80. The topological polar surface area (TPSA) is 3.24 Å². The first kappa shape index (κ1) is 15.6. The molecule has 2 rings (SSSR count). The third-order valence-electron chi connectivity index (χ3n) is 4.16. The minimum absolute atomic E-state index is 0.199. The minimum atomic E-state index is 0.199. The van der Waals surface area contributed by atoms with Crippen molar-refractivity contribution in [1.29, 1.82) is 0 Å². The first-order chi connectivity index (χ1) is 9.82. The van der Waals surface area contributed by atoms with Crippen LogP contribution in [0.3, 0.4) is 0 Å². The zero-order chi connectivity index (χ0) is 15.6. The van der Waals surface area contributed by atoms with Gasteiger partial charge in [-0.05, 0) is 53.6 Å². The summed E-state index contributed by atoms with van der Waals surface area (Å²) >= 11 is 0. The van der Waals surface area contributed by atoms with Crippen LogP contribution in [0.15, 0.2) is 42.5 Å². The van der Waals surface area contributed by atoms with Crippen molar-refractivity contribution in [3.8, 4) is 0 Å². The van der Waals surface area contributed by atoms with Gasteiger partial charge >= 0.3 is 0 Å². The first-order valence-electron chi connectivity index (χ1n) is 7.76. The summed E-state index contributed by atoms with van der Waals surface area (Å²) in [5, 5.41) is 0. The van der Waals surface area contributed by atoms with Gasteiger partial charge in [-0.15, -0.1) is 0 Å². The highest BCUT2D eigenvalue weighted by Gasteiger charge is 2.15. The van der Waals surface area contributed by atoms with Gasteiger partial charge < -0.3 is 4.90 Å². The zero-order valence-electron chi connectivity index (χ0n) is 14.2. The number of aryl methyl sites for hydroxylation is 2. The quantitative estimate of drug-likeness (QED) is 0.705. The van der Waals surface area contributed by atoms with Gasteiger partial charge in [0.15, 0.2) is 0 Å². The second-order valence-electron chi connectivity index (χ2n) is 6.83. The molecule has 0 atom stereocenters. The third-order valence-corrected chi connectivity index (χ3v) is 4.16. The van der Waals surface area contributed by atoms with Crippen LogP contribution in [0.2, 0.25) is 0 Å². The standard InChI is InChI=1S/C20H27N/c1-7-16-8-11-18(12-9-16)21(6)19-13-10-17(14-15(19)2)20(3,4)5/h8-14H,7H2,1-6H3. The molecule has 0 saturated heterocycles. The number of anilines is 2. The second kappa shape index (κ2) is 5.93. The first-order valence-corrected chi connectivity index (χ1v) is 7.76. The monoisotopic (exact) mass is 281 g/mol. The molecule has 0 fully saturated rings. The summed E-state index contributed by atoms with van der Waals surface area (Å²) in [5.74, 6) is 0. The molecular weight excluding hydrogens is 254 g/mol. The van der Waals surface area contributed by atoms with Gasteiger partial charge in [-0.25, -0.2) is 0 Å². The van der Waals surface area contributed by atoms with Crippen molar-refractivity contribution < 1.29 is 0 Å². The smallest absolute Gasteiger partial charge is 0.0437 e. The summed E-state index contributed by atoms with van der Waals surface area (Å²) in [7, 11) is 2.14. The molecule has 2 aromatic carbocycles. The Labute approximate surface area is 129 Å². The molecule has 0 saturated carbocycles. The Morgan fingerprint density at radius 3 is 2.05 bits per heavy atom. The number of rotatable bonds is 3. The Bertz CT molecular complexity index is 603. The predicted octanol–water partition coefficient (Wildman–Crippen LogP) is 5.62. The maximum Gasteiger partial charge on any atom is 0.0437 e. The fourth-order valence-corrected chi connectivity index (χ4v) is 2.59. The maximum atomic E-state index is 2.31. The van der Waals surface area contributed by atoms with Crippen molar-refractivity contribution in [2.45, 2.75) is 46.5 Å². The average molecular weight is 281 g/mol. The Hall–Kier alpha value is -1.76. The van der Waals surface area contributed by atoms with Crippen molar-refractivity contribution in [3.05, 3.63) is 59.2 Å². The summed E-state index contributed by atoms with van der Waals surface area (Å²) in [4.78, 5) is 2.27. The van der Waals surface area contributed by atoms with E-state index in [-0.39, 0.29) is 5.41 Å². The lowest BCUT2D eigenvalue weighted by atomic mass is 9.86. The van der Waals surface area contributed by atoms with Gasteiger partial charge in [-0.1, -0.05) is 52.0 Å². The van der Waals surface area contributed by atoms with Crippen molar-refractivity contribution in [2.75, 3.05) is 11.9 Å². The van der Waals surface area contributed by atoms with Crippen LogP contribution < -0.4 is 4.90 Å². The summed E-state index contributed by atoms with van der Waals surface area (Å²) in [6.07, 6.45) is 1.09. The molecule has 1 heteroatoms. The van der Waals surface area contributed by atoms with Gasteiger partial charge in [0.05, 0.1) is 0 Å². The molecule has 0 aliphatic heterocycles. The van der Waals surface area contributed by atoms with Crippen LogP contribution in [0.25, 0.3) is 0 Å². The number of hydrogen-bond acceptors (Lipinski definition) is 1. The average Bonchev–Trinajstić information content (AvgIpc) is 2.45. The molecular formula is C20H27N. The van der Waals surface area contributed by atoms with Crippen LogP contribution in [0, 0.1) is 6.92 Å². The van der Waals surface area contributed by atoms with Crippen molar-refractivity contribution >= 4 is 11.4 Å². The van der Waals surface area contributed by atoms with E-state index in [1.807, 2.05) is 0 Å². The van der Waals surface area contributed by atoms with Crippen molar-refractivity contribution in [3.63, 3.8) is 0 Å². The van der Waals surface area contributed by atoms with Gasteiger partial charge in [0.1, 0.15) is 0 Å². The fourth-order valence-electron chi connectivity index (χ4n) is 2.59. The Morgan fingerprint density at radius 2 is 1.57 bits per heavy atom. The van der Waals surface area contributed by atoms with Crippen LogP contribution in [0.4, 0.5) is 11.4 Å². The van der Waals surface area contributed by atoms with Crippen LogP contribution in [-0.2, 0) is 11.8 Å². The predicted molar refractivity (Wildman–Crippen MR) is 93.8 cm³/mol. The molecule has 112 valence electrons. The molecule has 0 unspecified atom stereocenters. The Balaban J connectivity index is 2.32. The van der Waals surface area contributed by atoms with Crippen molar-refractivity contribution in [2.24, 2.45) is 0 Å². The molecule has 0 spiro atoms. The highest BCUT2D eigenvalue weighted by molar-refractivity contribution is 5.66. The van der Waals surface area contributed by atoms with E-state index in [2.05, 4.69) is 89.0 Å². The van der Waals surface area contributed by atoms with Gasteiger partial charge in [0, 0.05) is 18.4 Å². The molecule has 0 radical (unpaired) electrons. The fraction of sp³-hybridized carbons (Fsp3) is 0.400. The number of hydrogen-bond donors (Lipinski definition) is 0. The van der Waals surface area contributed by atoms with E-state index in [0.717, 1.165) is 6.42 Å². The SMILES string of the molecule is CCc1ccc(N(C)c2ccc(C(C)(C)C)cc2C)cc1. The van der Waals surface area contributed by atoms with Crippen LogP contribution in [-0.4, -0.2) is 7.05 Å². The molecule has 0 bridgehead atoms. The van der Waals surface area contributed by atoms with E-state index in [1.165, 1.54) is 28.1 Å². The lowest BCUT2D eigenvalue weighted by Crippen LogP contribution is -2.14. The van der Waals surface area contributed by atoms with E-state index in [4.69, 9.17) is 0 Å². The molecule has 0 aromatic heterocycles. The Kier molecular flexibility index (Phi) is 4.41. The Morgan fingerprint density at radius 1 is 0.952 bits per heavy atom. The van der Waals surface area contributed by atoms with Crippen LogP contribution in [0.1, 0.15) is 44.4 Å². The maximum absolute atomic E-state index is 2.31. The van der Waals surface area contributed by atoms with E-state index in [1.54, 1.807) is 0 Å². The van der Waals surface area contributed by atoms with E-state index in [0.29, 0.717) is 0 Å². The minimum Gasteiger partial charge on any atom is -0.344 e. The van der Waals surface area contributed by atoms with Gasteiger partial charge in [-0.2, -0.15) is 0 Å². The lowest BCUT2D eigenvalue weighted by Gasteiger charge is -2.25. The van der Waals surface area contributed by atoms with Crippen LogP contribution in [0.5, 0.6) is 0 Å². The number of nitrogens with zero attached hydrogens (tertiary/aromatic N) is 1. The lowest BCUT2D eigenvalue weighted by molar-refractivity contribution is 0.590. The summed E-state index contributed by atoms with van der Waals surface area (Å²) < 4.78 is 0. The molecule has 0 aliphatic carbocycles. The number of benzene rings is 2. The van der Waals surface area contributed by atoms with E-state index >= 15 is 0 Å².